The van der Waals surface area contributed by atoms with Crippen LogP contribution in [-0.4, -0.2) is 56.0 Å². The van der Waals surface area contributed by atoms with E-state index in [1.807, 2.05) is 18.2 Å². The monoisotopic (exact) mass is 281 g/mol. The average molecular weight is 281 g/mol. The molecule has 0 bridgehead atoms. The van der Waals surface area contributed by atoms with Crippen LogP contribution in [0.15, 0.2) is 30.9 Å². The van der Waals surface area contributed by atoms with Crippen molar-refractivity contribution in [3.63, 3.8) is 0 Å². The number of hydrogen-bond donors (Lipinski definition) is 2. The molecule has 3 aromatic heterocycles. The van der Waals surface area contributed by atoms with Gasteiger partial charge in [-0.05, 0) is 28.6 Å². The summed E-state index contributed by atoms with van der Waals surface area (Å²) in [4.78, 5) is 0. The van der Waals surface area contributed by atoms with Crippen LogP contribution < -0.4 is 0 Å². The van der Waals surface area contributed by atoms with Crippen LogP contribution in [0.2, 0.25) is 0 Å². The first-order valence-corrected chi connectivity index (χ1v) is 5.88. The van der Waals surface area contributed by atoms with E-state index in [0.29, 0.717) is 11.6 Å². The van der Waals surface area contributed by atoms with Gasteiger partial charge < -0.3 is 0 Å². The Labute approximate surface area is 116 Å². The minimum Gasteiger partial charge on any atom is -0.288 e. The third kappa shape index (κ3) is 2.01. The zero-order valence-corrected chi connectivity index (χ0v) is 10.4. The summed E-state index contributed by atoms with van der Waals surface area (Å²) in [5.74, 6) is 0.935. The molecule has 0 saturated heterocycles. The van der Waals surface area contributed by atoms with Gasteiger partial charge in [-0.15, -0.1) is 30.6 Å². The van der Waals surface area contributed by atoms with E-state index in [9.17, 15) is 0 Å². The highest BCUT2D eigenvalue weighted by atomic mass is 15.5. The van der Waals surface area contributed by atoms with Crippen molar-refractivity contribution in [2.24, 2.45) is 0 Å². The van der Waals surface area contributed by atoms with Crippen molar-refractivity contribution >= 4 is 0 Å². The maximum atomic E-state index is 3.98. The summed E-state index contributed by atoms with van der Waals surface area (Å²) >= 11 is 0. The number of rotatable bonds is 3. The van der Waals surface area contributed by atoms with Gasteiger partial charge in [0.2, 0.25) is 11.6 Å². The van der Waals surface area contributed by atoms with E-state index in [1.54, 1.807) is 17.2 Å². The quantitative estimate of drug-likeness (QED) is 0.518. The fourth-order valence-corrected chi connectivity index (χ4v) is 1.92. The molecule has 0 amide bonds. The van der Waals surface area contributed by atoms with E-state index in [4.69, 9.17) is 0 Å². The first kappa shape index (κ1) is 11.3. The lowest BCUT2D eigenvalue weighted by Crippen LogP contribution is -1.94. The van der Waals surface area contributed by atoms with E-state index in [1.165, 1.54) is 0 Å². The number of nitrogens with one attached hydrogen (secondary N) is 2. The molecule has 0 spiro atoms. The van der Waals surface area contributed by atoms with Gasteiger partial charge in [0.25, 0.3) is 0 Å². The molecular formula is C10H7N11. The third-order valence-electron chi connectivity index (χ3n) is 2.84. The molecule has 0 aliphatic rings. The molecule has 4 aromatic rings. The minimum absolute atomic E-state index is 0.467. The Hall–Kier alpha value is -3.50. The van der Waals surface area contributed by atoms with E-state index in [2.05, 4.69) is 51.4 Å². The number of H-pyrrole nitrogens is 2. The van der Waals surface area contributed by atoms with Gasteiger partial charge in [0, 0.05) is 16.8 Å². The molecule has 21 heavy (non-hydrogen) atoms. The van der Waals surface area contributed by atoms with E-state index >= 15 is 0 Å². The third-order valence-corrected chi connectivity index (χ3v) is 2.84. The second kappa shape index (κ2) is 4.56. The maximum absolute atomic E-state index is 3.98. The first-order chi connectivity index (χ1) is 10.4. The lowest BCUT2D eigenvalue weighted by molar-refractivity contribution is 0.881. The molecule has 1 aromatic carbocycles. The number of hydrogen-bond acceptors (Lipinski definition) is 8. The predicted molar refractivity (Wildman–Crippen MR) is 67.7 cm³/mol. The number of benzene rings is 1. The molecule has 0 atom stereocenters. The van der Waals surface area contributed by atoms with Crippen molar-refractivity contribution in [2.45, 2.75) is 0 Å². The summed E-state index contributed by atoms with van der Waals surface area (Å²) in [5.41, 5.74) is 2.34. The Morgan fingerprint density at radius 3 is 1.81 bits per heavy atom. The molecular weight excluding hydrogens is 274 g/mol. The van der Waals surface area contributed by atoms with Crippen LogP contribution in [0.25, 0.3) is 28.5 Å². The number of nitrogens with zero attached hydrogens (tertiary/aromatic N) is 9. The van der Waals surface area contributed by atoms with Gasteiger partial charge in [0.05, 0.1) is 0 Å². The number of tetrazole rings is 2. The highest BCUT2D eigenvalue weighted by Gasteiger charge is 2.11. The van der Waals surface area contributed by atoms with Crippen LogP contribution in [0.3, 0.4) is 0 Å². The lowest BCUT2D eigenvalue weighted by Gasteiger charge is -2.05. The Morgan fingerprint density at radius 1 is 0.762 bits per heavy atom. The smallest absolute Gasteiger partial charge is 0.204 e. The Morgan fingerprint density at radius 2 is 1.33 bits per heavy atom. The SMILES string of the molecule is c1c(-c2nn[nH]n2)cc(-n2cnnc2)cc1-c1nn[nH]n1. The van der Waals surface area contributed by atoms with Crippen LogP contribution >= 0.6 is 0 Å². The molecule has 3 heterocycles. The van der Waals surface area contributed by atoms with E-state index in [-0.39, 0.29) is 0 Å². The normalized spacial score (nSPS) is 10.9. The Balaban J connectivity index is 1.92. The standard InChI is InChI=1S/C10H7N11/c1-6(9-13-17-18-14-9)2-8(21-4-11-12-5-21)3-7(1)10-15-19-20-16-10/h1-5H,(H,13,14,17,18)(H,15,16,19,20). The fraction of sp³-hybridized carbons (Fsp3) is 0. The largest absolute Gasteiger partial charge is 0.288 e. The van der Waals surface area contributed by atoms with Crippen LogP contribution in [0.5, 0.6) is 0 Å². The van der Waals surface area contributed by atoms with Gasteiger partial charge >= 0.3 is 0 Å². The summed E-state index contributed by atoms with van der Waals surface area (Å²) in [7, 11) is 0. The van der Waals surface area contributed by atoms with Crippen molar-refractivity contribution < 1.29 is 0 Å². The molecule has 11 nitrogen and oxygen atoms in total. The topological polar surface area (TPSA) is 140 Å². The molecule has 11 heteroatoms. The molecule has 0 aliphatic carbocycles. The molecule has 0 saturated carbocycles. The minimum atomic E-state index is 0.467. The van der Waals surface area contributed by atoms with Crippen molar-refractivity contribution in [2.75, 3.05) is 0 Å². The van der Waals surface area contributed by atoms with Gasteiger partial charge in [0.15, 0.2) is 0 Å². The molecule has 102 valence electrons. The zero-order valence-electron chi connectivity index (χ0n) is 10.4. The maximum Gasteiger partial charge on any atom is 0.204 e. The van der Waals surface area contributed by atoms with Crippen LogP contribution in [0.4, 0.5) is 0 Å². The summed E-state index contributed by atoms with van der Waals surface area (Å²) in [6.45, 7) is 0. The lowest BCUT2D eigenvalue weighted by atomic mass is 10.1. The highest BCUT2D eigenvalue weighted by molar-refractivity contribution is 5.69. The van der Waals surface area contributed by atoms with Crippen LogP contribution in [0, 0.1) is 0 Å². The van der Waals surface area contributed by atoms with Crippen molar-refractivity contribution in [3.05, 3.63) is 30.9 Å². The van der Waals surface area contributed by atoms with Gasteiger partial charge in [-0.2, -0.15) is 10.4 Å². The second-order valence-corrected chi connectivity index (χ2v) is 4.11. The molecule has 2 N–H and O–H groups in total. The van der Waals surface area contributed by atoms with Crippen LogP contribution in [-0.2, 0) is 0 Å². The molecule has 0 unspecified atom stereocenters. The molecule has 0 radical (unpaired) electrons. The molecule has 0 aliphatic heterocycles. The summed E-state index contributed by atoms with van der Waals surface area (Å²) in [6.07, 6.45) is 3.19. The van der Waals surface area contributed by atoms with Crippen LogP contribution in [0.1, 0.15) is 0 Å². The molecule has 0 fully saturated rings. The summed E-state index contributed by atoms with van der Waals surface area (Å²) in [6, 6.07) is 5.62. The average Bonchev–Trinajstić information content (AvgIpc) is 3.29. The van der Waals surface area contributed by atoms with Crippen molar-refractivity contribution in [1.29, 1.82) is 0 Å². The van der Waals surface area contributed by atoms with Crippen molar-refractivity contribution in [1.82, 2.24) is 56.0 Å². The predicted octanol–water partition coefficient (Wildman–Crippen LogP) is -0.373. The highest BCUT2D eigenvalue weighted by Crippen LogP contribution is 2.25. The zero-order chi connectivity index (χ0) is 14.1. The van der Waals surface area contributed by atoms with Crippen molar-refractivity contribution in [3.8, 4) is 28.5 Å². The Bertz CT molecular complexity index is 704. The number of aromatic nitrogens is 11. The first-order valence-electron chi connectivity index (χ1n) is 5.88. The Kier molecular flexibility index (Phi) is 2.46. The van der Waals surface area contributed by atoms with E-state index < -0.39 is 0 Å². The van der Waals surface area contributed by atoms with Gasteiger partial charge in [-0.1, -0.05) is 0 Å². The number of aromatic amines is 2. The second-order valence-electron chi connectivity index (χ2n) is 4.11. The molecule has 4 rings (SSSR count). The van der Waals surface area contributed by atoms with Gasteiger partial charge in [0.1, 0.15) is 12.7 Å². The van der Waals surface area contributed by atoms with Gasteiger partial charge in [-0.3, -0.25) is 4.57 Å². The van der Waals surface area contributed by atoms with E-state index in [0.717, 1.165) is 16.8 Å². The fourth-order valence-electron chi connectivity index (χ4n) is 1.92. The summed E-state index contributed by atoms with van der Waals surface area (Å²) < 4.78 is 1.76. The summed E-state index contributed by atoms with van der Waals surface area (Å²) in [5, 5.41) is 35.5. The van der Waals surface area contributed by atoms with Gasteiger partial charge in [-0.25, -0.2) is 0 Å².